The van der Waals surface area contributed by atoms with Crippen LogP contribution in [0.15, 0.2) is 24.3 Å². The maximum absolute atomic E-state index is 5.40. The fourth-order valence-corrected chi connectivity index (χ4v) is 2.75. The maximum Gasteiger partial charge on any atom is 0.123 e. The van der Waals surface area contributed by atoms with Crippen LogP contribution in [0, 0.1) is 5.92 Å². The number of hydrogen-bond acceptors (Lipinski definition) is 3. The Morgan fingerprint density at radius 3 is 2.83 bits per heavy atom. The number of ether oxygens (including phenoxy) is 1. The van der Waals surface area contributed by atoms with Crippen LogP contribution < -0.4 is 10.1 Å². The molecular weight excluding hydrogens is 224 g/mol. The van der Waals surface area contributed by atoms with Gasteiger partial charge in [-0.3, -0.25) is 0 Å². The number of para-hydroxylation sites is 1. The molecule has 1 aromatic rings. The molecule has 1 aliphatic heterocycles. The number of nitrogens with zero attached hydrogens (tertiary/aromatic N) is 1. The molecule has 1 N–H and O–H groups in total. The second-order valence-electron chi connectivity index (χ2n) is 5.30. The molecule has 0 saturated carbocycles. The van der Waals surface area contributed by atoms with Gasteiger partial charge in [0.1, 0.15) is 5.75 Å². The van der Waals surface area contributed by atoms with Crippen molar-refractivity contribution in [3.05, 3.63) is 29.8 Å². The first-order valence-corrected chi connectivity index (χ1v) is 6.74. The third kappa shape index (κ3) is 3.24. The molecule has 0 aromatic heterocycles. The number of methoxy groups -OCH3 is 1. The summed E-state index contributed by atoms with van der Waals surface area (Å²) in [4.78, 5) is 2.39. The average molecular weight is 248 g/mol. The van der Waals surface area contributed by atoms with Gasteiger partial charge in [0.2, 0.25) is 0 Å². The van der Waals surface area contributed by atoms with E-state index in [1.54, 1.807) is 7.11 Å². The molecular formula is C15H24N2O. The van der Waals surface area contributed by atoms with Gasteiger partial charge in [-0.1, -0.05) is 18.2 Å². The van der Waals surface area contributed by atoms with Gasteiger partial charge < -0.3 is 15.0 Å². The van der Waals surface area contributed by atoms with Crippen LogP contribution in [0.3, 0.4) is 0 Å². The van der Waals surface area contributed by atoms with Crippen LogP contribution in [0.1, 0.15) is 18.9 Å². The van der Waals surface area contributed by atoms with Gasteiger partial charge >= 0.3 is 0 Å². The summed E-state index contributed by atoms with van der Waals surface area (Å²) in [5.74, 6) is 1.76. The second kappa shape index (κ2) is 6.21. The number of rotatable bonds is 5. The fourth-order valence-electron chi connectivity index (χ4n) is 2.75. The molecule has 2 rings (SSSR count). The molecule has 0 spiro atoms. The molecule has 18 heavy (non-hydrogen) atoms. The molecule has 2 unspecified atom stereocenters. The molecule has 100 valence electrons. The van der Waals surface area contributed by atoms with E-state index in [0.717, 1.165) is 31.3 Å². The maximum atomic E-state index is 5.40. The van der Waals surface area contributed by atoms with Crippen molar-refractivity contribution in [2.45, 2.75) is 25.9 Å². The molecule has 3 heteroatoms. The summed E-state index contributed by atoms with van der Waals surface area (Å²) >= 11 is 0. The third-order valence-corrected chi connectivity index (χ3v) is 3.87. The smallest absolute Gasteiger partial charge is 0.123 e. The Labute approximate surface area is 110 Å². The summed E-state index contributed by atoms with van der Waals surface area (Å²) in [6, 6.07) is 8.91. The Morgan fingerprint density at radius 1 is 1.39 bits per heavy atom. The van der Waals surface area contributed by atoms with Crippen molar-refractivity contribution in [2.24, 2.45) is 5.92 Å². The van der Waals surface area contributed by atoms with Crippen molar-refractivity contribution < 1.29 is 4.74 Å². The second-order valence-corrected chi connectivity index (χ2v) is 5.30. The highest BCUT2D eigenvalue weighted by Gasteiger charge is 2.23. The zero-order valence-corrected chi connectivity index (χ0v) is 11.6. The van der Waals surface area contributed by atoms with Crippen LogP contribution in [0.2, 0.25) is 0 Å². The van der Waals surface area contributed by atoms with E-state index in [0.29, 0.717) is 6.04 Å². The third-order valence-electron chi connectivity index (χ3n) is 3.87. The molecule has 1 fully saturated rings. The lowest BCUT2D eigenvalue weighted by atomic mass is 10.0. The van der Waals surface area contributed by atoms with Crippen LogP contribution >= 0.6 is 0 Å². The van der Waals surface area contributed by atoms with Crippen molar-refractivity contribution in [2.75, 3.05) is 27.2 Å². The Hall–Kier alpha value is -1.06. The SMILES string of the molecule is COc1ccccc1CN(C)CC1CCNC1C. The largest absolute Gasteiger partial charge is 0.496 e. The zero-order chi connectivity index (χ0) is 13.0. The Balaban J connectivity index is 1.92. The van der Waals surface area contributed by atoms with Gasteiger partial charge in [-0.2, -0.15) is 0 Å². The van der Waals surface area contributed by atoms with Crippen molar-refractivity contribution in [3.63, 3.8) is 0 Å². The Morgan fingerprint density at radius 2 is 2.17 bits per heavy atom. The van der Waals surface area contributed by atoms with Crippen molar-refractivity contribution in [1.29, 1.82) is 0 Å². The Kier molecular flexibility index (Phi) is 4.61. The summed E-state index contributed by atoms with van der Waals surface area (Å²) in [6.07, 6.45) is 1.29. The lowest BCUT2D eigenvalue weighted by Gasteiger charge is -2.24. The fraction of sp³-hybridized carbons (Fsp3) is 0.600. The van der Waals surface area contributed by atoms with E-state index < -0.39 is 0 Å². The molecule has 3 nitrogen and oxygen atoms in total. The van der Waals surface area contributed by atoms with Crippen molar-refractivity contribution in [1.82, 2.24) is 10.2 Å². The van der Waals surface area contributed by atoms with E-state index in [1.807, 2.05) is 12.1 Å². The van der Waals surface area contributed by atoms with Gasteiger partial charge in [0, 0.05) is 24.7 Å². The van der Waals surface area contributed by atoms with Crippen molar-refractivity contribution in [3.8, 4) is 5.75 Å². The predicted octanol–water partition coefficient (Wildman–Crippen LogP) is 2.12. The van der Waals surface area contributed by atoms with E-state index in [1.165, 1.54) is 12.0 Å². The normalized spacial score (nSPS) is 23.6. The summed E-state index contributed by atoms with van der Waals surface area (Å²) in [5.41, 5.74) is 1.26. The van der Waals surface area contributed by atoms with E-state index in [-0.39, 0.29) is 0 Å². The van der Waals surface area contributed by atoms with E-state index in [2.05, 4.69) is 36.3 Å². The van der Waals surface area contributed by atoms with Gasteiger partial charge in [0.05, 0.1) is 7.11 Å². The van der Waals surface area contributed by atoms with Crippen LogP contribution in [-0.4, -0.2) is 38.2 Å². The quantitative estimate of drug-likeness (QED) is 0.864. The number of benzene rings is 1. The summed E-state index contributed by atoms with van der Waals surface area (Å²) in [7, 11) is 3.93. The van der Waals surface area contributed by atoms with Gasteiger partial charge in [-0.15, -0.1) is 0 Å². The van der Waals surface area contributed by atoms with E-state index >= 15 is 0 Å². The van der Waals surface area contributed by atoms with Gasteiger partial charge in [0.25, 0.3) is 0 Å². The van der Waals surface area contributed by atoms with Crippen LogP contribution in [-0.2, 0) is 6.54 Å². The standard InChI is InChI=1S/C15H24N2O/c1-12-13(8-9-16-12)10-17(2)11-14-6-4-5-7-15(14)18-3/h4-7,12-13,16H,8-11H2,1-3H3. The predicted molar refractivity (Wildman–Crippen MR) is 74.9 cm³/mol. The van der Waals surface area contributed by atoms with Crippen molar-refractivity contribution >= 4 is 0 Å². The summed E-state index contributed by atoms with van der Waals surface area (Å²) in [6.45, 7) is 5.54. The first kappa shape index (κ1) is 13.4. The van der Waals surface area contributed by atoms with Gasteiger partial charge in [-0.25, -0.2) is 0 Å². The minimum absolute atomic E-state index is 0.644. The number of nitrogens with one attached hydrogen (secondary N) is 1. The minimum Gasteiger partial charge on any atom is -0.496 e. The topological polar surface area (TPSA) is 24.5 Å². The highest BCUT2D eigenvalue weighted by Crippen LogP contribution is 2.21. The molecule has 1 aliphatic rings. The molecule has 1 heterocycles. The van der Waals surface area contributed by atoms with E-state index in [9.17, 15) is 0 Å². The molecule has 0 bridgehead atoms. The first-order chi connectivity index (χ1) is 8.70. The molecule has 0 amide bonds. The van der Waals surface area contributed by atoms with E-state index in [4.69, 9.17) is 4.74 Å². The summed E-state index contributed by atoms with van der Waals surface area (Å²) < 4.78 is 5.40. The molecule has 1 aromatic carbocycles. The number of hydrogen-bond donors (Lipinski definition) is 1. The first-order valence-electron chi connectivity index (χ1n) is 6.74. The minimum atomic E-state index is 0.644. The highest BCUT2D eigenvalue weighted by atomic mass is 16.5. The van der Waals surface area contributed by atoms with Crippen LogP contribution in [0.4, 0.5) is 0 Å². The zero-order valence-electron chi connectivity index (χ0n) is 11.6. The van der Waals surface area contributed by atoms with Crippen LogP contribution in [0.25, 0.3) is 0 Å². The lowest BCUT2D eigenvalue weighted by molar-refractivity contribution is 0.256. The molecule has 1 saturated heterocycles. The van der Waals surface area contributed by atoms with Crippen LogP contribution in [0.5, 0.6) is 5.75 Å². The average Bonchev–Trinajstić information content (AvgIpc) is 2.75. The highest BCUT2D eigenvalue weighted by molar-refractivity contribution is 5.33. The van der Waals surface area contributed by atoms with Gasteiger partial charge in [-0.05, 0) is 38.9 Å². The Bertz CT molecular complexity index is 381. The lowest BCUT2D eigenvalue weighted by Crippen LogP contribution is -2.32. The molecule has 0 radical (unpaired) electrons. The molecule has 0 aliphatic carbocycles. The monoisotopic (exact) mass is 248 g/mol. The molecule has 2 atom stereocenters. The summed E-state index contributed by atoms with van der Waals surface area (Å²) in [5, 5.41) is 3.51. The van der Waals surface area contributed by atoms with Gasteiger partial charge in [0.15, 0.2) is 0 Å².